The van der Waals surface area contributed by atoms with Crippen molar-refractivity contribution in [2.24, 2.45) is 5.92 Å². The average molecular weight is 279 g/mol. The van der Waals surface area contributed by atoms with Crippen LogP contribution >= 0.6 is 0 Å². The zero-order valence-electron chi connectivity index (χ0n) is 11.9. The Morgan fingerprint density at radius 3 is 2.70 bits per heavy atom. The maximum Gasteiger partial charge on any atom is 0.229 e. The van der Waals surface area contributed by atoms with E-state index in [-0.39, 0.29) is 11.8 Å². The molecule has 2 aliphatic rings. The molecule has 0 aliphatic carbocycles. The number of aryl methyl sites for hydroxylation is 1. The second-order valence-electron chi connectivity index (χ2n) is 5.69. The van der Waals surface area contributed by atoms with Crippen LogP contribution in [0.15, 0.2) is 4.52 Å². The quantitative estimate of drug-likeness (QED) is 0.821. The first-order valence-corrected chi connectivity index (χ1v) is 7.41. The van der Waals surface area contributed by atoms with Crippen molar-refractivity contribution in [3.05, 3.63) is 11.7 Å². The Hall–Kier alpha value is -1.43. The zero-order chi connectivity index (χ0) is 13.9. The number of aromatic nitrogens is 2. The Kier molecular flexibility index (Phi) is 4.00. The molecule has 1 unspecified atom stereocenters. The summed E-state index contributed by atoms with van der Waals surface area (Å²) < 4.78 is 10.6. The number of piperidine rings is 1. The molecule has 3 heterocycles. The summed E-state index contributed by atoms with van der Waals surface area (Å²) in [5.41, 5.74) is 0. The Labute approximate surface area is 118 Å². The van der Waals surface area contributed by atoms with Gasteiger partial charge in [0.1, 0.15) is 0 Å². The van der Waals surface area contributed by atoms with E-state index < -0.39 is 0 Å². The third-order valence-electron chi connectivity index (χ3n) is 4.21. The Balaban J connectivity index is 1.54. The molecule has 1 amide bonds. The van der Waals surface area contributed by atoms with E-state index in [0.717, 1.165) is 51.3 Å². The van der Waals surface area contributed by atoms with Crippen LogP contribution in [0, 0.1) is 12.8 Å². The summed E-state index contributed by atoms with van der Waals surface area (Å²) in [6.45, 7) is 4.77. The highest BCUT2D eigenvalue weighted by Gasteiger charge is 2.31. The fourth-order valence-electron chi connectivity index (χ4n) is 3.02. The molecule has 110 valence electrons. The van der Waals surface area contributed by atoms with Gasteiger partial charge in [0.05, 0.1) is 12.5 Å². The summed E-state index contributed by atoms with van der Waals surface area (Å²) >= 11 is 0. The van der Waals surface area contributed by atoms with Gasteiger partial charge in [-0.15, -0.1) is 0 Å². The van der Waals surface area contributed by atoms with Crippen LogP contribution in [0.2, 0.25) is 0 Å². The van der Waals surface area contributed by atoms with Gasteiger partial charge in [-0.25, -0.2) is 0 Å². The Bertz CT molecular complexity index is 460. The number of rotatable bonds is 2. The normalized spacial score (nSPS) is 24.9. The molecule has 0 saturated carbocycles. The van der Waals surface area contributed by atoms with E-state index in [9.17, 15) is 4.79 Å². The van der Waals surface area contributed by atoms with Crippen molar-refractivity contribution in [1.82, 2.24) is 15.0 Å². The van der Waals surface area contributed by atoms with E-state index in [0.29, 0.717) is 18.3 Å². The monoisotopic (exact) mass is 279 g/mol. The maximum absolute atomic E-state index is 12.4. The van der Waals surface area contributed by atoms with E-state index in [4.69, 9.17) is 9.26 Å². The molecule has 2 aliphatic heterocycles. The second kappa shape index (κ2) is 5.91. The lowest BCUT2D eigenvalue weighted by Crippen LogP contribution is -2.43. The first kappa shape index (κ1) is 13.5. The van der Waals surface area contributed by atoms with Crippen LogP contribution in [0.1, 0.15) is 43.3 Å². The van der Waals surface area contributed by atoms with Gasteiger partial charge in [0, 0.05) is 25.6 Å². The summed E-state index contributed by atoms with van der Waals surface area (Å²) in [7, 11) is 0. The van der Waals surface area contributed by atoms with Crippen molar-refractivity contribution < 1.29 is 14.1 Å². The zero-order valence-corrected chi connectivity index (χ0v) is 11.9. The van der Waals surface area contributed by atoms with E-state index in [2.05, 4.69) is 10.1 Å². The number of nitrogens with zero attached hydrogens (tertiary/aromatic N) is 3. The van der Waals surface area contributed by atoms with Gasteiger partial charge >= 0.3 is 0 Å². The summed E-state index contributed by atoms with van der Waals surface area (Å²) in [6, 6.07) is 0. The average Bonchev–Trinajstić information content (AvgIpc) is 2.94. The SMILES string of the molecule is Cc1noc(C2CCN(C(=O)C3CCCOC3)CC2)n1. The van der Waals surface area contributed by atoms with Crippen LogP contribution in [0.4, 0.5) is 0 Å². The highest BCUT2D eigenvalue weighted by molar-refractivity contribution is 5.79. The minimum atomic E-state index is 0.0611. The lowest BCUT2D eigenvalue weighted by atomic mass is 9.94. The van der Waals surface area contributed by atoms with E-state index in [1.165, 1.54) is 0 Å². The lowest BCUT2D eigenvalue weighted by molar-refractivity contribution is -0.140. The number of hydrogen-bond acceptors (Lipinski definition) is 5. The highest BCUT2D eigenvalue weighted by atomic mass is 16.5. The predicted molar refractivity (Wildman–Crippen MR) is 71.1 cm³/mol. The molecule has 0 spiro atoms. The number of carbonyl (C=O) groups excluding carboxylic acids is 1. The molecule has 3 rings (SSSR count). The van der Waals surface area contributed by atoms with Crippen LogP contribution in [0.25, 0.3) is 0 Å². The van der Waals surface area contributed by atoms with Gasteiger partial charge in [-0.2, -0.15) is 4.98 Å². The molecule has 0 bridgehead atoms. The second-order valence-corrected chi connectivity index (χ2v) is 5.69. The maximum atomic E-state index is 12.4. The minimum Gasteiger partial charge on any atom is -0.381 e. The van der Waals surface area contributed by atoms with Crippen molar-refractivity contribution in [2.45, 2.75) is 38.5 Å². The Morgan fingerprint density at radius 2 is 2.10 bits per heavy atom. The summed E-state index contributed by atoms with van der Waals surface area (Å²) in [5, 5.41) is 3.84. The highest BCUT2D eigenvalue weighted by Crippen LogP contribution is 2.28. The minimum absolute atomic E-state index is 0.0611. The van der Waals surface area contributed by atoms with Crippen molar-refractivity contribution in [3.8, 4) is 0 Å². The largest absolute Gasteiger partial charge is 0.381 e. The van der Waals surface area contributed by atoms with Gasteiger partial charge in [0.2, 0.25) is 11.8 Å². The first-order chi connectivity index (χ1) is 9.74. The van der Waals surface area contributed by atoms with Crippen LogP contribution < -0.4 is 0 Å². The molecule has 0 radical (unpaired) electrons. The molecule has 0 N–H and O–H groups in total. The summed E-state index contributed by atoms with van der Waals surface area (Å²) in [6.07, 6.45) is 3.76. The smallest absolute Gasteiger partial charge is 0.229 e. The molecular weight excluding hydrogens is 258 g/mol. The Morgan fingerprint density at radius 1 is 1.30 bits per heavy atom. The molecule has 6 nitrogen and oxygen atoms in total. The molecule has 6 heteroatoms. The van der Waals surface area contributed by atoms with Gasteiger partial charge in [-0.1, -0.05) is 5.16 Å². The van der Waals surface area contributed by atoms with Crippen molar-refractivity contribution >= 4 is 5.91 Å². The van der Waals surface area contributed by atoms with Crippen LogP contribution in [0.3, 0.4) is 0 Å². The van der Waals surface area contributed by atoms with Gasteiger partial charge in [-0.3, -0.25) is 4.79 Å². The molecule has 0 aromatic carbocycles. The van der Waals surface area contributed by atoms with E-state index in [1.807, 2.05) is 11.8 Å². The predicted octanol–water partition coefficient (Wildman–Crippen LogP) is 1.51. The van der Waals surface area contributed by atoms with Crippen molar-refractivity contribution in [3.63, 3.8) is 0 Å². The number of ether oxygens (including phenoxy) is 1. The number of likely N-dealkylation sites (tertiary alicyclic amines) is 1. The molecule has 20 heavy (non-hydrogen) atoms. The third kappa shape index (κ3) is 2.85. The van der Waals surface area contributed by atoms with Gasteiger partial charge in [-0.05, 0) is 32.6 Å². The fourth-order valence-corrected chi connectivity index (χ4v) is 3.02. The fraction of sp³-hybridized carbons (Fsp3) is 0.786. The van der Waals surface area contributed by atoms with Crippen LogP contribution in [0.5, 0.6) is 0 Å². The summed E-state index contributed by atoms with van der Waals surface area (Å²) in [4.78, 5) is 18.7. The number of carbonyl (C=O) groups is 1. The lowest BCUT2D eigenvalue weighted by Gasteiger charge is -2.34. The third-order valence-corrected chi connectivity index (χ3v) is 4.21. The van der Waals surface area contributed by atoms with E-state index in [1.54, 1.807) is 0 Å². The number of amides is 1. The van der Waals surface area contributed by atoms with E-state index >= 15 is 0 Å². The topological polar surface area (TPSA) is 68.5 Å². The van der Waals surface area contributed by atoms with Gasteiger partial charge < -0.3 is 14.2 Å². The molecule has 2 saturated heterocycles. The number of hydrogen-bond donors (Lipinski definition) is 0. The first-order valence-electron chi connectivity index (χ1n) is 7.41. The molecule has 2 fully saturated rings. The van der Waals surface area contributed by atoms with Gasteiger partial charge in [0.25, 0.3) is 0 Å². The molecule has 1 aromatic heterocycles. The van der Waals surface area contributed by atoms with Crippen molar-refractivity contribution in [2.75, 3.05) is 26.3 Å². The van der Waals surface area contributed by atoms with Crippen LogP contribution in [-0.4, -0.2) is 47.3 Å². The molecule has 1 aromatic rings. The summed E-state index contributed by atoms with van der Waals surface area (Å²) in [5.74, 6) is 2.01. The molecule has 1 atom stereocenters. The van der Waals surface area contributed by atoms with Gasteiger partial charge in [0.15, 0.2) is 5.82 Å². The standard InChI is InChI=1S/C14H21N3O3/c1-10-15-13(20-16-10)11-4-6-17(7-5-11)14(18)12-3-2-8-19-9-12/h11-12H,2-9H2,1H3. The van der Waals surface area contributed by atoms with Crippen LogP contribution in [-0.2, 0) is 9.53 Å². The molecular formula is C14H21N3O3. The van der Waals surface area contributed by atoms with Crippen molar-refractivity contribution in [1.29, 1.82) is 0 Å².